The number of hydrogen-bond acceptors (Lipinski definition) is 2. The minimum absolute atomic E-state index is 0.0791. The number of nitrogens with zero attached hydrogens (tertiary/aromatic N) is 1. The first-order chi connectivity index (χ1) is 18.7. The molecule has 0 heterocycles. The Hall–Kier alpha value is -4.29. The smallest absolute Gasteiger partial charge is 0.194 e. The molecule has 0 saturated carbocycles. The van der Waals surface area contributed by atoms with Crippen LogP contribution in [0.3, 0.4) is 0 Å². The highest BCUT2D eigenvalue weighted by Crippen LogP contribution is 2.44. The van der Waals surface area contributed by atoms with Gasteiger partial charge in [-0.2, -0.15) is 0 Å². The van der Waals surface area contributed by atoms with Crippen LogP contribution in [0.1, 0.15) is 0 Å². The van der Waals surface area contributed by atoms with Crippen LogP contribution >= 0.6 is 7.14 Å². The Morgan fingerprint density at radius 2 is 0.821 bits per heavy atom. The summed E-state index contributed by atoms with van der Waals surface area (Å²) in [6.45, 7) is 0. The molecule has 0 amide bonds. The fourth-order valence-corrected chi connectivity index (χ4v) is 7.03. The zero-order chi connectivity index (χ0) is 27.7. The predicted molar refractivity (Wildman–Crippen MR) is 140 cm³/mol. The van der Waals surface area contributed by atoms with Gasteiger partial charge in [-0.05, 0) is 12.1 Å². The zero-order valence-corrected chi connectivity index (χ0v) is 20.9. The Morgan fingerprint density at radius 1 is 0.436 bits per heavy atom. The van der Waals surface area contributed by atoms with Gasteiger partial charge in [0, 0.05) is 45.9 Å². The van der Waals surface area contributed by atoms with Gasteiger partial charge in [-0.15, -0.1) is 0 Å². The highest BCUT2D eigenvalue weighted by Gasteiger charge is 2.31. The van der Waals surface area contributed by atoms with Gasteiger partial charge in [0.25, 0.3) is 0 Å². The molecular formula is C30H18F6NOP. The summed E-state index contributed by atoms with van der Waals surface area (Å²) in [5.74, 6) is -9.66. The number of rotatable bonds is 6. The Bertz CT molecular complexity index is 1570. The summed E-state index contributed by atoms with van der Waals surface area (Å²) in [5, 5.41) is 1.30. The number of anilines is 3. The van der Waals surface area contributed by atoms with E-state index in [0.717, 1.165) is 4.90 Å². The Balaban J connectivity index is 1.77. The second kappa shape index (κ2) is 10.5. The van der Waals surface area contributed by atoms with Gasteiger partial charge in [0.1, 0.15) is 0 Å². The lowest BCUT2D eigenvalue weighted by Crippen LogP contribution is -2.25. The van der Waals surface area contributed by atoms with Crippen LogP contribution in [-0.2, 0) is 4.57 Å². The second-order valence-electron chi connectivity index (χ2n) is 8.58. The van der Waals surface area contributed by atoms with Crippen LogP contribution in [0.4, 0.5) is 43.4 Å². The number of halogens is 6. The molecule has 0 saturated heterocycles. The first kappa shape index (κ1) is 26.3. The van der Waals surface area contributed by atoms with Crippen LogP contribution in [-0.4, -0.2) is 0 Å². The first-order valence-electron chi connectivity index (χ1n) is 11.6. The summed E-state index contributed by atoms with van der Waals surface area (Å²) in [6, 6.07) is 25.8. The minimum Gasteiger partial charge on any atom is -0.310 e. The fraction of sp³-hybridized carbons (Fsp3) is 0. The molecule has 0 N–H and O–H groups in total. The normalized spacial score (nSPS) is 11.4. The molecule has 0 bridgehead atoms. The Morgan fingerprint density at radius 3 is 1.23 bits per heavy atom. The second-order valence-corrected chi connectivity index (χ2v) is 11.4. The molecule has 0 aliphatic carbocycles. The van der Waals surface area contributed by atoms with Gasteiger partial charge in [-0.25, -0.2) is 26.3 Å². The molecule has 196 valence electrons. The first-order valence-corrected chi connectivity index (χ1v) is 13.3. The topological polar surface area (TPSA) is 20.3 Å². The molecule has 0 fully saturated rings. The van der Waals surface area contributed by atoms with Gasteiger partial charge in [-0.1, -0.05) is 72.8 Å². The highest BCUT2D eigenvalue weighted by molar-refractivity contribution is 7.85. The van der Waals surface area contributed by atoms with Crippen molar-refractivity contribution in [1.82, 2.24) is 0 Å². The zero-order valence-electron chi connectivity index (χ0n) is 20.0. The van der Waals surface area contributed by atoms with Crippen molar-refractivity contribution in [3.63, 3.8) is 0 Å². The molecule has 9 heteroatoms. The van der Waals surface area contributed by atoms with Crippen molar-refractivity contribution in [1.29, 1.82) is 0 Å². The van der Waals surface area contributed by atoms with Crippen molar-refractivity contribution in [2.75, 3.05) is 4.90 Å². The van der Waals surface area contributed by atoms with E-state index in [4.69, 9.17) is 0 Å². The van der Waals surface area contributed by atoms with Crippen molar-refractivity contribution in [3.05, 3.63) is 144 Å². The lowest BCUT2D eigenvalue weighted by Gasteiger charge is -2.27. The third-order valence-electron chi connectivity index (χ3n) is 6.14. The van der Waals surface area contributed by atoms with E-state index in [0.29, 0.717) is 40.2 Å². The van der Waals surface area contributed by atoms with Gasteiger partial charge in [0.15, 0.2) is 42.0 Å². The summed E-state index contributed by atoms with van der Waals surface area (Å²) < 4.78 is 99.5. The lowest BCUT2D eigenvalue weighted by molar-refractivity contribution is 0.446. The van der Waals surface area contributed by atoms with Gasteiger partial charge in [0.05, 0.1) is 11.4 Å². The molecule has 2 nitrogen and oxygen atoms in total. The molecule has 5 aromatic carbocycles. The molecule has 0 aliphatic rings. The molecule has 0 radical (unpaired) electrons. The quantitative estimate of drug-likeness (QED) is 0.122. The van der Waals surface area contributed by atoms with E-state index >= 15 is 0 Å². The van der Waals surface area contributed by atoms with Crippen LogP contribution in [0.2, 0.25) is 0 Å². The van der Waals surface area contributed by atoms with Crippen LogP contribution in [0.15, 0.2) is 109 Å². The Kier molecular flexibility index (Phi) is 7.06. The fourth-order valence-electron chi connectivity index (χ4n) is 4.34. The molecule has 0 unspecified atom stereocenters. The maximum absolute atomic E-state index is 14.8. The van der Waals surface area contributed by atoms with E-state index in [1.165, 1.54) is 18.2 Å². The van der Waals surface area contributed by atoms with Crippen LogP contribution < -0.4 is 20.8 Å². The number of hydrogen-bond donors (Lipinski definition) is 0. The van der Waals surface area contributed by atoms with E-state index in [-0.39, 0.29) is 17.1 Å². The van der Waals surface area contributed by atoms with Crippen LogP contribution in [0.25, 0.3) is 0 Å². The van der Waals surface area contributed by atoms with E-state index < -0.39 is 42.0 Å². The van der Waals surface area contributed by atoms with Gasteiger partial charge in [0.2, 0.25) is 0 Å². The van der Waals surface area contributed by atoms with Crippen molar-refractivity contribution in [3.8, 4) is 0 Å². The predicted octanol–water partition coefficient (Wildman–Crippen LogP) is 7.63. The number of benzene rings is 5. The lowest BCUT2D eigenvalue weighted by atomic mass is 10.1. The summed E-state index contributed by atoms with van der Waals surface area (Å²) in [7, 11) is -3.52. The monoisotopic (exact) mass is 553 g/mol. The average Bonchev–Trinajstić information content (AvgIpc) is 2.95. The van der Waals surface area contributed by atoms with Crippen molar-refractivity contribution < 1.29 is 30.9 Å². The molecule has 39 heavy (non-hydrogen) atoms. The van der Waals surface area contributed by atoms with E-state index in [1.54, 1.807) is 66.7 Å². The molecule has 0 spiro atoms. The minimum atomic E-state index is -3.52. The molecule has 0 atom stereocenters. The summed E-state index contributed by atoms with van der Waals surface area (Å²) in [4.78, 5) is 1.01. The van der Waals surface area contributed by atoms with Crippen molar-refractivity contribution >= 4 is 40.1 Å². The third-order valence-corrected chi connectivity index (χ3v) is 9.20. The van der Waals surface area contributed by atoms with Crippen LogP contribution in [0.5, 0.6) is 0 Å². The van der Waals surface area contributed by atoms with Gasteiger partial charge >= 0.3 is 0 Å². The van der Waals surface area contributed by atoms with E-state index in [2.05, 4.69) is 0 Å². The van der Waals surface area contributed by atoms with Crippen LogP contribution in [0, 0.1) is 34.9 Å². The maximum atomic E-state index is 14.8. The average molecular weight is 553 g/mol. The van der Waals surface area contributed by atoms with Crippen molar-refractivity contribution in [2.24, 2.45) is 0 Å². The summed E-state index contributed by atoms with van der Waals surface area (Å²) in [5.41, 5.74) is -0.609. The maximum Gasteiger partial charge on any atom is 0.194 e. The molecule has 5 rings (SSSR count). The van der Waals surface area contributed by atoms with E-state index in [9.17, 15) is 30.9 Å². The largest absolute Gasteiger partial charge is 0.310 e. The molecule has 0 aliphatic heterocycles. The third kappa shape index (κ3) is 4.84. The Labute approximate surface area is 220 Å². The van der Waals surface area contributed by atoms with Gasteiger partial charge < -0.3 is 9.46 Å². The standard InChI is InChI=1S/C30H18F6NOP/c31-25-15-20(16-26(32)29(25)35)37(21-17-27(33)30(36)28(34)18-21)19-8-7-13-24(14-19)39(38,22-9-3-1-4-10-22)23-11-5-2-6-12-23/h1-18H. The molecule has 0 aromatic heterocycles. The van der Waals surface area contributed by atoms with E-state index in [1.807, 2.05) is 0 Å². The van der Waals surface area contributed by atoms with Crippen molar-refractivity contribution in [2.45, 2.75) is 0 Å². The SMILES string of the molecule is O=P(c1ccccc1)(c1ccccc1)c1cccc(N(c2cc(F)c(F)c(F)c2)c2cc(F)c(F)c(F)c2)c1. The molecular weight excluding hydrogens is 535 g/mol. The highest BCUT2D eigenvalue weighted by atomic mass is 31.2. The van der Waals surface area contributed by atoms with Gasteiger partial charge in [-0.3, -0.25) is 0 Å². The summed E-state index contributed by atoms with van der Waals surface area (Å²) >= 11 is 0. The molecule has 5 aromatic rings. The summed E-state index contributed by atoms with van der Waals surface area (Å²) in [6.07, 6.45) is 0.